The lowest BCUT2D eigenvalue weighted by Crippen LogP contribution is -2.04. The first-order valence-electron chi connectivity index (χ1n) is 3.65. The summed E-state index contributed by atoms with van der Waals surface area (Å²) in [7, 11) is 0. The number of hydrogen-bond acceptors (Lipinski definition) is 2. The first-order chi connectivity index (χ1) is 6.20. The fourth-order valence-electron chi connectivity index (χ4n) is 0.500. The van der Waals surface area contributed by atoms with Gasteiger partial charge in [-0.15, -0.1) is 0 Å². The summed E-state index contributed by atoms with van der Waals surface area (Å²) in [6, 6.07) is 3.82. The highest BCUT2D eigenvalue weighted by Gasteiger charge is 1.76. The molecular formula is C10H12N2O. The first kappa shape index (κ1) is 11.1. The summed E-state index contributed by atoms with van der Waals surface area (Å²) in [6.45, 7) is 6.69. The van der Waals surface area contributed by atoms with E-state index >= 15 is 0 Å². The molecule has 0 saturated heterocycles. The number of aromatic nitrogens is 1. The van der Waals surface area contributed by atoms with Gasteiger partial charge in [0.25, 0.3) is 0 Å². The van der Waals surface area contributed by atoms with E-state index < -0.39 is 5.91 Å². The molecule has 1 rings (SSSR count). The van der Waals surface area contributed by atoms with Crippen molar-refractivity contribution >= 4 is 12.0 Å². The van der Waals surface area contributed by atoms with Crippen molar-refractivity contribution in [1.29, 1.82) is 0 Å². The third kappa shape index (κ3) is 6.50. The van der Waals surface area contributed by atoms with Crippen LogP contribution in [0.2, 0.25) is 0 Å². The molecule has 0 unspecified atom stereocenters. The second-order valence-corrected chi connectivity index (χ2v) is 2.09. The molecule has 0 saturated carbocycles. The predicted molar refractivity (Wildman–Crippen MR) is 53.7 cm³/mol. The maximum Gasteiger partial charge on any atom is 0.240 e. The Morgan fingerprint density at radius 1 is 1.38 bits per heavy atom. The SMILES string of the molecule is C=CC(N)=O.C=Cc1ccncc1. The van der Waals surface area contributed by atoms with E-state index in [0.717, 1.165) is 11.6 Å². The second-order valence-electron chi connectivity index (χ2n) is 2.09. The van der Waals surface area contributed by atoms with E-state index in [9.17, 15) is 4.79 Å². The fourth-order valence-corrected chi connectivity index (χ4v) is 0.500. The van der Waals surface area contributed by atoms with Gasteiger partial charge in [0.2, 0.25) is 5.91 Å². The predicted octanol–water partition coefficient (Wildman–Crippen LogP) is 1.38. The summed E-state index contributed by atoms with van der Waals surface area (Å²) in [4.78, 5) is 13.3. The number of hydrogen-bond donors (Lipinski definition) is 1. The normalized spacial score (nSPS) is 7.69. The first-order valence-corrected chi connectivity index (χ1v) is 3.65. The minimum absolute atomic E-state index is 0.481. The van der Waals surface area contributed by atoms with Gasteiger partial charge in [-0.2, -0.15) is 0 Å². The molecule has 0 atom stereocenters. The molecular weight excluding hydrogens is 164 g/mol. The van der Waals surface area contributed by atoms with Crippen molar-refractivity contribution in [3.05, 3.63) is 49.3 Å². The number of pyridine rings is 1. The fraction of sp³-hybridized carbons (Fsp3) is 0. The maximum absolute atomic E-state index is 9.47. The van der Waals surface area contributed by atoms with E-state index in [-0.39, 0.29) is 0 Å². The molecule has 1 amide bonds. The highest BCUT2D eigenvalue weighted by Crippen LogP contribution is 1.94. The Labute approximate surface area is 77.6 Å². The average Bonchev–Trinajstić information content (AvgIpc) is 2.20. The Kier molecular flexibility index (Phi) is 5.80. The lowest BCUT2D eigenvalue weighted by atomic mass is 10.3. The van der Waals surface area contributed by atoms with E-state index in [2.05, 4.69) is 23.9 Å². The highest BCUT2D eigenvalue weighted by molar-refractivity contribution is 5.84. The summed E-state index contributed by atoms with van der Waals surface area (Å²) in [5.74, 6) is -0.481. The number of carbonyl (C=O) groups excluding carboxylic acids is 1. The van der Waals surface area contributed by atoms with Gasteiger partial charge in [-0.05, 0) is 23.8 Å². The number of carbonyl (C=O) groups is 1. The summed E-state index contributed by atoms with van der Waals surface area (Å²) >= 11 is 0. The van der Waals surface area contributed by atoms with Gasteiger partial charge in [0.05, 0.1) is 0 Å². The molecule has 0 radical (unpaired) electrons. The summed E-state index contributed by atoms with van der Waals surface area (Å²) in [5, 5.41) is 0. The Morgan fingerprint density at radius 2 is 1.85 bits per heavy atom. The van der Waals surface area contributed by atoms with Crippen LogP contribution in [-0.2, 0) is 4.79 Å². The van der Waals surface area contributed by atoms with Crippen molar-refractivity contribution in [2.45, 2.75) is 0 Å². The van der Waals surface area contributed by atoms with Crippen LogP contribution in [0.5, 0.6) is 0 Å². The van der Waals surface area contributed by atoms with Gasteiger partial charge in [0.1, 0.15) is 0 Å². The van der Waals surface area contributed by atoms with Crippen molar-refractivity contribution in [3.63, 3.8) is 0 Å². The van der Waals surface area contributed by atoms with Gasteiger partial charge in [-0.3, -0.25) is 9.78 Å². The summed E-state index contributed by atoms with van der Waals surface area (Å²) in [5.41, 5.74) is 5.65. The molecule has 0 bridgehead atoms. The van der Waals surface area contributed by atoms with E-state index in [1.807, 2.05) is 12.1 Å². The number of nitrogens with zero attached hydrogens (tertiary/aromatic N) is 1. The Bertz CT molecular complexity index is 280. The molecule has 1 aromatic rings. The van der Waals surface area contributed by atoms with Crippen LogP contribution >= 0.6 is 0 Å². The molecule has 0 aliphatic rings. The Hall–Kier alpha value is -1.90. The average molecular weight is 176 g/mol. The Morgan fingerprint density at radius 3 is 2.08 bits per heavy atom. The summed E-state index contributed by atoms with van der Waals surface area (Å²) < 4.78 is 0. The molecule has 0 fully saturated rings. The number of nitrogens with two attached hydrogens (primary N) is 1. The number of amides is 1. The lowest BCUT2D eigenvalue weighted by molar-refractivity contribution is -0.113. The monoisotopic (exact) mass is 176 g/mol. The number of rotatable bonds is 2. The lowest BCUT2D eigenvalue weighted by Gasteiger charge is -1.84. The molecule has 13 heavy (non-hydrogen) atoms. The molecule has 3 heteroatoms. The topological polar surface area (TPSA) is 56.0 Å². The van der Waals surface area contributed by atoms with Gasteiger partial charge in [-0.25, -0.2) is 0 Å². The molecule has 1 heterocycles. The van der Waals surface area contributed by atoms with Crippen LogP contribution in [0.1, 0.15) is 5.56 Å². The van der Waals surface area contributed by atoms with Crippen molar-refractivity contribution in [1.82, 2.24) is 4.98 Å². The van der Waals surface area contributed by atoms with E-state index in [0.29, 0.717) is 0 Å². The largest absolute Gasteiger partial charge is 0.366 e. The van der Waals surface area contributed by atoms with Crippen LogP contribution in [0, 0.1) is 0 Å². The molecule has 0 spiro atoms. The zero-order valence-corrected chi connectivity index (χ0v) is 7.31. The minimum atomic E-state index is -0.481. The van der Waals surface area contributed by atoms with E-state index in [4.69, 9.17) is 0 Å². The molecule has 0 aliphatic carbocycles. The van der Waals surface area contributed by atoms with E-state index in [1.165, 1.54) is 0 Å². The maximum atomic E-state index is 9.47. The Balaban J connectivity index is 0.000000252. The molecule has 2 N–H and O–H groups in total. The van der Waals surface area contributed by atoms with Crippen LogP contribution in [0.4, 0.5) is 0 Å². The smallest absolute Gasteiger partial charge is 0.240 e. The van der Waals surface area contributed by atoms with Crippen molar-refractivity contribution in [2.75, 3.05) is 0 Å². The third-order valence-corrected chi connectivity index (χ3v) is 1.14. The molecule has 1 aromatic heterocycles. The van der Waals surface area contributed by atoms with Gasteiger partial charge < -0.3 is 5.73 Å². The standard InChI is InChI=1S/C7H7N.C3H5NO/c1-2-7-3-5-8-6-4-7;1-2-3(4)5/h2-6H,1H2;2H,1H2,(H2,4,5). The van der Waals surface area contributed by atoms with Gasteiger partial charge in [0, 0.05) is 12.4 Å². The molecule has 0 aromatic carbocycles. The minimum Gasteiger partial charge on any atom is -0.366 e. The van der Waals surface area contributed by atoms with Crippen LogP contribution in [0.15, 0.2) is 43.8 Å². The zero-order valence-electron chi connectivity index (χ0n) is 7.31. The van der Waals surface area contributed by atoms with Crippen molar-refractivity contribution in [3.8, 4) is 0 Å². The van der Waals surface area contributed by atoms with Gasteiger partial charge in [0.15, 0.2) is 0 Å². The third-order valence-electron chi connectivity index (χ3n) is 1.14. The van der Waals surface area contributed by atoms with Crippen LogP contribution in [0.25, 0.3) is 6.08 Å². The quantitative estimate of drug-likeness (QED) is 0.692. The highest BCUT2D eigenvalue weighted by atomic mass is 16.1. The molecule has 3 nitrogen and oxygen atoms in total. The van der Waals surface area contributed by atoms with E-state index in [1.54, 1.807) is 18.5 Å². The van der Waals surface area contributed by atoms with Crippen molar-refractivity contribution < 1.29 is 4.79 Å². The zero-order chi connectivity index (χ0) is 10.1. The van der Waals surface area contributed by atoms with Crippen LogP contribution in [0.3, 0.4) is 0 Å². The van der Waals surface area contributed by atoms with Crippen LogP contribution in [-0.4, -0.2) is 10.9 Å². The molecule has 68 valence electrons. The number of primary amides is 1. The van der Waals surface area contributed by atoms with Crippen molar-refractivity contribution in [2.24, 2.45) is 5.73 Å². The van der Waals surface area contributed by atoms with Gasteiger partial charge >= 0.3 is 0 Å². The second kappa shape index (κ2) is 6.79. The van der Waals surface area contributed by atoms with Crippen LogP contribution < -0.4 is 5.73 Å². The molecule has 0 aliphatic heterocycles. The van der Waals surface area contributed by atoms with Gasteiger partial charge in [-0.1, -0.05) is 19.2 Å². The summed E-state index contributed by atoms with van der Waals surface area (Å²) in [6.07, 6.45) is 6.34.